The van der Waals surface area contributed by atoms with E-state index in [0.717, 1.165) is 5.56 Å². The van der Waals surface area contributed by atoms with Crippen molar-refractivity contribution in [2.24, 2.45) is 5.90 Å². The molecule has 0 heterocycles. The van der Waals surface area contributed by atoms with E-state index in [0.29, 0.717) is 10.8 Å². The van der Waals surface area contributed by atoms with Gasteiger partial charge in [-0.2, -0.15) is 0 Å². The lowest BCUT2D eigenvalue weighted by Crippen LogP contribution is -2.25. The van der Waals surface area contributed by atoms with Crippen LogP contribution in [0, 0.1) is 0 Å². The van der Waals surface area contributed by atoms with E-state index in [2.05, 4.69) is 0 Å². The lowest BCUT2D eigenvalue weighted by molar-refractivity contribution is -0.0237. The first-order valence-electron chi connectivity index (χ1n) is 4.23. The van der Waals surface area contributed by atoms with E-state index in [1.807, 2.05) is 26.0 Å². The summed E-state index contributed by atoms with van der Waals surface area (Å²) in [6, 6.07) is 5.43. The van der Waals surface area contributed by atoms with Gasteiger partial charge in [-0.05, 0) is 31.5 Å². The van der Waals surface area contributed by atoms with Crippen LogP contribution in [-0.4, -0.2) is 7.11 Å². The summed E-state index contributed by atoms with van der Waals surface area (Å²) in [5, 5.41) is 0.573. The van der Waals surface area contributed by atoms with Gasteiger partial charge in [-0.15, -0.1) is 0 Å². The van der Waals surface area contributed by atoms with E-state index in [9.17, 15) is 0 Å². The molecule has 0 aromatic heterocycles. The molecule has 0 fully saturated rings. The highest BCUT2D eigenvalue weighted by atomic mass is 35.5. The highest BCUT2D eigenvalue weighted by molar-refractivity contribution is 6.32. The molecule has 78 valence electrons. The predicted molar refractivity (Wildman–Crippen MR) is 56.3 cm³/mol. The molecule has 1 aromatic carbocycles. The van der Waals surface area contributed by atoms with Crippen LogP contribution in [0.2, 0.25) is 5.02 Å². The van der Waals surface area contributed by atoms with Gasteiger partial charge in [-0.3, -0.25) is 4.84 Å². The third kappa shape index (κ3) is 2.18. The SMILES string of the molecule is COc1cc(C(C)(C)ON)ccc1Cl. The quantitative estimate of drug-likeness (QED) is 0.788. The minimum Gasteiger partial charge on any atom is -0.495 e. The van der Waals surface area contributed by atoms with E-state index in [1.54, 1.807) is 13.2 Å². The normalized spacial score (nSPS) is 11.5. The van der Waals surface area contributed by atoms with Crippen LogP contribution in [0.4, 0.5) is 0 Å². The molecule has 0 aliphatic carbocycles. The highest BCUT2D eigenvalue weighted by Gasteiger charge is 2.21. The summed E-state index contributed by atoms with van der Waals surface area (Å²) in [7, 11) is 1.57. The van der Waals surface area contributed by atoms with E-state index < -0.39 is 5.60 Å². The number of hydrogen-bond acceptors (Lipinski definition) is 3. The van der Waals surface area contributed by atoms with Crippen LogP contribution in [0.1, 0.15) is 19.4 Å². The summed E-state index contributed by atoms with van der Waals surface area (Å²) >= 11 is 5.89. The van der Waals surface area contributed by atoms with E-state index in [1.165, 1.54) is 0 Å². The second-order valence-corrected chi connectivity index (χ2v) is 3.88. The fraction of sp³-hybridized carbons (Fsp3) is 0.400. The molecule has 0 saturated carbocycles. The Morgan fingerprint density at radius 2 is 2.00 bits per heavy atom. The Bertz CT molecular complexity index is 326. The van der Waals surface area contributed by atoms with E-state index >= 15 is 0 Å². The second-order valence-electron chi connectivity index (χ2n) is 3.48. The molecule has 0 amide bonds. The summed E-state index contributed by atoms with van der Waals surface area (Å²) in [5.74, 6) is 5.81. The summed E-state index contributed by atoms with van der Waals surface area (Å²) in [5.41, 5.74) is 0.374. The van der Waals surface area contributed by atoms with Gasteiger partial charge in [0.1, 0.15) is 11.4 Å². The first kappa shape index (κ1) is 11.3. The number of methoxy groups -OCH3 is 1. The van der Waals surface area contributed by atoms with Gasteiger partial charge in [-0.25, -0.2) is 5.90 Å². The standard InChI is InChI=1S/C10H14ClNO2/c1-10(2,14-12)7-4-5-8(11)9(6-7)13-3/h4-6H,12H2,1-3H3. The first-order chi connectivity index (χ1) is 6.51. The Morgan fingerprint density at radius 3 is 2.50 bits per heavy atom. The van der Waals surface area contributed by atoms with Crippen molar-refractivity contribution in [2.75, 3.05) is 7.11 Å². The molecule has 0 aliphatic rings. The minimum absolute atomic E-state index is 0.544. The average Bonchev–Trinajstić information content (AvgIpc) is 2.18. The van der Waals surface area contributed by atoms with Crippen molar-refractivity contribution in [3.05, 3.63) is 28.8 Å². The number of halogens is 1. The molecule has 0 spiro atoms. The maximum atomic E-state index is 5.89. The summed E-state index contributed by atoms with van der Waals surface area (Å²) in [6.07, 6.45) is 0. The minimum atomic E-state index is -0.544. The van der Waals surface area contributed by atoms with Gasteiger partial charge >= 0.3 is 0 Å². The highest BCUT2D eigenvalue weighted by Crippen LogP contribution is 2.31. The van der Waals surface area contributed by atoms with Crippen LogP contribution < -0.4 is 10.6 Å². The molecular formula is C10H14ClNO2. The maximum Gasteiger partial charge on any atom is 0.137 e. The Hall–Kier alpha value is -0.770. The lowest BCUT2D eigenvalue weighted by Gasteiger charge is -2.22. The molecule has 1 aromatic rings. The molecule has 0 radical (unpaired) electrons. The number of ether oxygens (including phenoxy) is 1. The van der Waals surface area contributed by atoms with Gasteiger partial charge in [0.05, 0.1) is 12.1 Å². The monoisotopic (exact) mass is 215 g/mol. The molecule has 4 heteroatoms. The van der Waals surface area contributed by atoms with Crippen molar-refractivity contribution in [2.45, 2.75) is 19.4 Å². The molecule has 1 rings (SSSR count). The molecule has 3 nitrogen and oxygen atoms in total. The fourth-order valence-corrected chi connectivity index (χ4v) is 1.30. The zero-order valence-electron chi connectivity index (χ0n) is 8.50. The maximum absolute atomic E-state index is 5.89. The molecule has 0 atom stereocenters. The smallest absolute Gasteiger partial charge is 0.137 e. The number of nitrogens with two attached hydrogens (primary N) is 1. The Labute approximate surface area is 88.7 Å². The van der Waals surface area contributed by atoms with Gasteiger partial charge in [0, 0.05) is 0 Å². The molecule has 0 bridgehead atoms. The summed E-state index contributed by atoms with van der Waals surface area (Å²) in [6.45, 7) is 3.74. The average molecular weight is 216 g/mol. The van der Waals surface area contributed by atoms with Gasteiger partial charge in [-0.1, -0.05) is 17.7 Å². The van der Waals surface area contributed by atoms with Crippen molar-refractivity contribution in [1.29, 1.82) is 0 Å². The van der Waals surface area contributed by atoms with Crippen LogP contribution in [0.25, 0.3) is 0 Å². The summed E-state index contributed by atoms with van der Waals surface area (Å²) < 4.78 is 5.10. The van der Waals surface area contributed by atoms with E-state index in [4.69, 9.17) is 27.1 Å². The number of benzene rings is 1. The van der Waals surface area contributed by atoms with E-state index in [-0.39, 0.29) is 0 Å². The lowest BCUT2D eigenvalue weighted by atomic mass is 9.98. The van der Waals surface area contributed by atoms with Crippen molar-refractivity contribution in [1.82, 2.24) is 0 Å². The third-order valence-electron chi connectivity index (χ3n) is 2.14. The number of hydrogen-bond donors (Lipinski definition) is 1. The molecule has 2 N–H and O–H groups in total. The second kappa shape index (κ2) is 4.17. The topological polar surface area (TPSA) is 44.5 Å². The van der Waals surface area contributed by atoms with Crippen LogP contribution in [0.3, 0.4) is 0 Å². The van der Waals surface area contributed by atoms with Crippen molar-refractivity contribution in [3.63, 3.8) is 0 Å². The van der Waals surface area contributed by atoms with Gasteiger partial charge in [0.15, 0.2) is 0 Å². The van der Waals surface area contributed by atoms with Crippen LogP contribution in [-0.2, 0) is 10.4 Å². The Kier molecular flexibility index (Phi) is 3.37. The third-order valence-corrected chi connectivity index (χ3v) is 2.45. The first-order valence-corrected chi connectivity index (χ1v) is 4.61. The molecule has 0 unspecified atom stereocenters. The Balaban J connectivity index is 3.12. The van der Waals surface area contributed by atoms with Crippen LogP contribution in [0.5, 0.6) is 5.75 Å². The zero-order chi connectivity index (χ0) is 10.8. The van der Waals surface area contributed by atoms with Gasteiger partial charge in [0.25, 0.3) is 0 Å². The molecule has 14 heavy (non-hydrogen) atoms. The molecular weight excluding hydrogens is 202 g/mol. The summed E-state index contributed by atoms with van der Waals surface area (Å²) in [4.78, 5) is 4.86. The van der Waals surface area contributed by atoms with Gasteiger partial charge < -0.3 is 4.74 Å². The van der Waals surface area contributed by atoms with Gasteiger partial charge in [0.2, 0.25) is 0 Å². The van der Waals surface area contributed by atoms with Crippen molar-refractivity contribution >= 4 is 11.6 Å². The van der Waals surface area contributed by atoms with Crippen molar-refractivity contribution in [3.8, 4) is 5.75 Å². The molecule has 0 aliphatic heterocycles. The Morgan fingerprint density at radius 1 is 1.36 bits per heavy atom. The largest absolute Gasteiger partial charge is 0.495 e. The molecule has 0 saturated heterocycles. The zero-order valence-corrected chi connectivity index (χ0v) is 9.26. The van der Waals surface area contributed by atoms with Crippen LogP contribution in [0.15, 0.2) is 18.2 Å². The van der Waals surface area contributed by atoms with Crippen molar-refractivity contribution < 1.29 is 9.57 Å². The number of rotatable bonds is 3. The fourth-order valence-electron chi connectivity index (χ4n) is 1.10. The predicted octanol–water partition coefficient (Wildman–Crippen LogP) is 2.47. The van der Waals surface area contributed by atoms with Crippen LogP contribution >= 0.6 is 11.6 Å².